The molecule has 0 amide bonds. The van der Waals surface area contributed by atoms with Gasteiger partial charge in [0.1, 0.15) is 46.6 Å². The van der Waals surface area contributed by atoms with Crippen LogP contribution < -0.4 is 0 Å². The van der Waals surface area contributed by atoms with Crippen LogP contribution in [-0.2, 0) is 12.4 Å². The third kappa shape index (κ3) is 8.95. The Kier molecular flexibility index (Phi) is 12.0. The maximum Gasteiger partial charge on any atom is 0.417 e. The quantitative estimate of drug-likeness (QED) is 0.138. The van der Waals surface area contributed by atoms with Gasteiger partial charge in [-0.3, -0.25) is 0 Å². The van der Waals surface area contributed by atoms with E-state index in [1.165, 1.54) is 12.1 Å². The van der Waals surface area contributed by atoms with Crippen LogP contribution in [0.1, 0.15) is 109 Å². The number of aryl methyl sites for hydroxylation is 8. The number of halogens is 6. The van der Waals surface area contributed by atoms with E-state index in [1.54, 1.807) is 55.4 Å². The van der Waals surface area contributed by atoms with Crippen molar-refractivity contribution in [1.29, 1.82) is 5.26 Å². The van der Waals surface area contributed by atoms with Crippen LogP contribution in [0.2, 0.25) is 0 Å². The number of nitriles is 1. The minimum absolute atomic E-state index is 0.00342. The van der Waals surface area contributed by atoms with Crippen LogP contribution in [-0.4, -0.2) is 59.8 Å². The summed E-state index contributed by atoms with van der Waals surface area (Å²) in [6, 6.07) is 29.1. The lowest BCUT2D eigenvalue weighted by atomic mass is 9.74. The number of hydrogen-bond donors (Lipinski definition) is 0. The molecule has 4 aromatic heterocycles. The van der Waals surface area contributed by atoms with Gasteiger partial charge < -0.3 is 0 Å². The Morgan fingerprint density at radius 1 is 0.338 bits per heavy atom. The lowest BCUT2D eigenvalue weighted by molar-refractivity contribution is -0.142. The molecule has 19 heteroatoms. The Morgan fingerprint density at radius 2 is 0.600 bits per heavy atom. The van der Waals surface area contributed by atoms with E-state index in [1.807, 2.05) is 72.8 Å². The van der Waals surface area contributed by atoms with E-state index in [9.17, 15) is 5.26 Å². The molecule has 0 unspecified atom stereocenters. The Morgan fingerprint density at radius 3 is 0.838 bits per heavy atom. The highest BCUT2D eigenvalue weighted by atomic mass is 19.4. The monoisotopic (exact) mass is 1070 g/mol. The fourth-order valence-electron chi connectivity index (χ4n) is 11.5. The highest BCUT2D eigenvalue weighted by Gasteiger charge is 2.45. The zero-order valence-corrected chi connectivity index (χ0v) is 44.1. The maximum atomic E-state index is 16.1. The zero-order valence-electron chi connectivity index (χ0n) is 44.1. The van der Waals surface area contributed by atoms with Gasteiger partial charge in [-0.1, -0.05) is 54.6 Å². The number of rotatable bonds is 7. The number of alkyl halides is 6. The molecule has 0 saturated carbocycles. The van der Waals surface area contributed by atoms with E-state index in [-0.39, 0.29) is 22.3 Å². The predicted octanol–water partition coefficient (Wildman–Crippen LogP) is 13.5. The van der Waals surface area contributed by atoms with Crippen molar-refractivity contribution in [3.05, 3.63) is 200 Å². The average Bonchev–Trinajstić information content (AvgIpc) is 2.67. The topological polar surface area (TPSA) is 178 Å². The first-order valence-corrected chi connectivity index (χ1v) is 25.3. The molecule has 80 heavy (non-hydrogen) atoms. The fourth-order valence-corrected chi connectivity index (χ4v) is 11.5. The summed E-state index contributed by atoms with van der Waals surface area (Å²) in [5.74, 6) is 2.37. The molecule has 0 aliphatic heterocycles. The summed E-state index contributed by atoms with van der Waals surface area (Å²) in [4.78, 5) is 54.6. The van der Waals surface area contributed by atoms with Gasteiger partial charge >= 0.3 is 12.4 Å². The van der Waals surface area contributed by atoms with Crippen molar-refractivity contribution < 1.29 is 26.3 Å². The summed E-state index contributed by atoms with van der Waals surface area (Å²) >= 11 is 0. The van der Waals surface area contributed by atoms with E-state index in [0.717, 1.165) is 6.07 Å². The number of aromatic nitrogens is 12. The molecule has 0 bridgehead atoms. The second-order valence-electron chi connectivity index (χ2n) is 20.0. The Balaban J connectivity index is 1.24. The van der Waals surface area contributed by atoms with Crippen molar-refractivity contribution in [2.75, 3.05) is 0 Å². The minimum Gasteiger partial charge on any atom is -0.219 e. The van der Waals surface area contributed by atoms with Crippen LogP contribution >= 0.6 is 0 Å². The third-order valence-corrected chi connectivity index (χ3v) is 14.4. The molecule has 4 heterocycles. The van der Waals surface area contributed by atoms with Gasteiger partial charge in [-0.25, -0.2) is 59.8 Å². The minimum atomic E-state index is -5.33. The zero-order chi connectivity index (χ0) is 56.3. The van der Waals surface area contributed by atoms with E-state index in [0.29, 0.717) is 149 Å². The lowest BCUT2D eigenvalue weighted by Crippen LogP contribution is -2.17. The molecule has 0 fully saturated rings. The lowest BCUT2D eigenvalue weighted by Gasteiger charge is -2.29. The second-order valence-corrected chi connectivity index (χ2v) is 20.0. The fraction of sp³-hybridized carbons (Fsp3) is 0.197. The summed E-state index contributed by atoms with van der Waals surface area (Å²) in [6.07, 6.45) is -10.7. The summed E-state index contributed by atoms with van der Waals surface area (Å²) in [7, 11) is 0. The van der Waals surface area contributed by atoms with Crippen LogP contribution in [0.25, 0.3) is 78.9 Å². The van der Waals surface area contributed by atoms with Gasteiger partial charge in [0, 0.05) is 39.7 Å². The standard InChI is InChI=1S/C61H43F6N13/c1-27-69-28(2)74-56(73-27)36-12-16-40-41-17-13-37(57-75-29(3)70-30(4)76-57)23-45(41)52(44(40)22-36)48-20-35(26-68)21-49(54(48)55-50(60(62,63)64)10-9-11-51(55)61(65,66)67)53-46-24-38(58-77-31(5)71-32(6)78-58)14-18-42(46)43-19-15-39(25-47(43)53)59-79-33(7)72-34(8)80-59/h9-25,52-53H,1-8H3. The second kappa shape index (κ2) is 18.8. The normalized spacial score (nSPS) is 13.0. The SMILES string of the molecule is Cc1nc(C)nc(-c2ccc3c(c2)C(c2cc(C#N)cc(C4c5cc(-c6nc(C)nc(C)n6)ccc5-c5ccc(-c6nc(C)nc(C)n6)cc54)c2-c2c(C(F)(F)F)cccc2C(F)(F)F)c2cc(-c4nc(C)nc(C)n4)ccc2-3)n1. The van der Waals surface area contributed by atoms with Crippen molar-refractivity contribution in [3.63, 3.8) is 0 Å². The maximum absolute atomic E-state index is 16.1. The van der Waals surface area contributed by atoms with Crippen molar-refractivity contribution in [2.45, 2.75) is 79.6 Å². The molecule has 13 nitrogen and oxygen atoms in total. The molecule has 0 saturated heterocycles. The van der Waals surface area contributed by atoms with Gasteiger partial charge in [0.15, 0.2) is 23.3 Å². The first-order chi connectivity index (χ1) is 38.1. The third-order valence-electron chi connectivity index (χ3n) is 14.4. The Hall–Kier alpha value is -9.57. The molecular formula is C61H43F6N13. The van der Waals surface area contributed by atoms with E-state index >= 15 is 26.3 Å². The molecule has 0 radical (unpaired) electrons. The van der Waals surface area contributed by atoms with Crippen molar-refractivity contribution in [2.24, 2.45) is 0 Å². The molecule has 6 aromatic carbocycles. The number of hydrogen-bond acceptors (Lipinski definition) is 13. The molecule has 0 N–H and O–H groups in total. The smallest absolute Gasteiger partial charge is 0.219 e. The van der Waals surface area contributed by atoms with Gasteiger partial charge in [0.25, 0.3) is 0 Å². The van der Waals surface area contributed by atoms with Crippen molar-refractivity contribution in [1.82, 2.24) is 59.8 Å². The van der Waals surface area contributed by atoms with Crippen molar-refractivity contribution >= 4 is 0 Å². The molecule has 0 spiro atoms. The van der Waals surface area contributed by atoms with Gasteiger partial charge in [-0.15, -0.1) is 0 Å². The molecule has 394 valence electrons. The summed E-state index contributed by atoms with van der Waals surface area (Å²) in [5.41, 5.74) is 2.04. The van der Waals surface area contributed by atoms with E-state index in [4.69, 9.17) is 0 Å². The summed E-state index contributed by atoms with van der Waals surface area (Å²) in [6.45, 7) is 13.8. The highest BCUT2D eigenvalue weighted by Crippen LogP contribution is 2.59. The Bertz CT molecular complexity index is 3780. The summed E-state index contributed by atoms with van der Waals surface area (Å²) in [5, 5.41) is 11.3. The summed E-state index contributed by atoms with van der Waals surface area (Å²) < 4.78 is 96.9. The largest absolute Gasteiger partial charge is 0.417 e. The van der Waals surface area contributed by atoms with Crippen LogP contribution in [0.15, 0.2) is 103 Å². The average molecular weight is 1070 g/mol. The van der Waals surface area contributed by atoms with E-state index in [2.05, 4.69) is 65.9 Å². The Labute approximate surface area is 454 Å². The molecule has 12 rings (SSSR count). The number of benzene rings is 6. The number of fused-ring (bicyclic) bond motifs is 6. The van der Waals surface area contributed by atoms with E-state index < -0.39 is 40.9 Å². The first kappa shape index (κ1) is 51.2. The molecule has 2 aliphatic carbocycles. The van der Waals surface area contributed by atoms with Crippen LogP contribution in [0.3, 0.4) is 0 Å². The van der Waals surface area contributed by atoms with Crippen LogP contribution in [0, 0.1) is 66.7 Å². The molecule has 2 aliphatic rings. The molecule has 10 aromatic rings. The first-order valence-electron chi connectivity index (χ1n) is 25.3. The molecular weight excluding hydrogens is 1030 g/mol. The van der Waals surface area contributed by atoms with Crippen molar-refractivity contribution in [3.8, 4) is 85.0 Å². The van der Waals surface area contributed by atoms with Gasteiger partial charge in [0.05, 0.1) is 22.8 Å². The van der Waals surface area contributed by atoms with Gasteiger partial charge in [-0.05, 0) is 165 Å². The van der Waals surface area contributed by atoms with Crippen LogP contribution in [0.4, 0.5) is 26.3 Å². The number of nitrogens with zero attached hydrogens (tertiary/aromatic N) is 13. The van der Waals surface area contributed by atoms with Gasteiger partial charge in [-0.2, -0.15) is 31.6 Å². The predicted molar refractivity (Wildman–Crippen MR) is 285 cm³/mol. The highest BCUT2D eigenvalue weighted by molar-refractivity contribution is 5.92. The van der Waals surface area contributed by atoms with Gasteiger partial charge in [0.2, 0.25) is 0 Å². The van der Waals surface area contributed by atoms with Crippen LogP contribution in [0.5, 0.6) is 0 Å². The molecule has 0 atom stereocenters.